The number of anilines is 2. The summed E-state index contributed by atoms with van der Waals surface area (Å²) in [6.45, 7) is -0.177. The van der Waals surface area contributed by atoms with E-state index in [4.69, 9.17) is 25.2 Å². The summed E-state index contributed by atoms with van der Waals surface area (Å²) in [6, 6.07) is 12.7. The molecule has 1 aromatic carbocycles. The highest BCUT2D eigenvalue weighted by atomic mass is 127. The summed E-state index contributed by atoms with van der Waals surface area (Å²) in [5.74, 6) is 5.78. The Kier molecular flexibility index (Phi) is 14.4. The van der Waals surface area contributed by atoms with Crippen molar-refractivity contribution < 1.29 is 61.1 Å². The molecule has 1 fully saturated rings. The minimum Gasteiger partial charge on any atom is -0.390 e. The van der Waals surface area contributed by atoms with Crippen LogP contribution in [-0.2, 0) is 36.4 Å². The van der Waals surface area contributed by atoms with Crippen LogP contribution in [0.2, 0.25) is 0 Å². The molecule has 2 aromatic heterocycles. The van der Waals surface area contributed by atoms with E-state index in [9.17, 15) is 33.4 Å². The molecule has 5 unspecified atom stereocenters. The number of phosphoric acid groups is 3. The minimum absolute atomic E-state index is 0.0293. The quantitative estimate of drug-likeness (QED) is 0.0256. The molecule has 0 spiro atoms. The van der Waals surface area contributed by atoms with Crippen molar-refractivity contribution in [2.45, 2.75) is 37.7 Å². The van der Waals surface area contributed by atoms with Crippen molar-refractivity contribution in [3.8, 4) is 22.4 Å². The molecule has 318 valence electrons. The number of rotatable bonds is 15. The standard InChI is InChI=1S/C33H40IN8O13P3S/c1-40(2)34-21-8-10-23-27(14-21)59-28-15-22(9-11-24(28)39-23)41(3)13-5-7-29(44)36-12-4-6-20-17-42(33-31(20)32(35)37-19-38-33)30-16-25(43)26(53-30)18-52-57(48,49)55-58(50,51)54-56(45,46)47/h8-11,14-15,17,19,25-26,30,43H,5,7,12-13,16,18H2,1-3H3,(H,36,44)(H,48,49)(H,50,51)(H2,35,37,38)(H2,45,46,47). The van der Waals surface area contributed by atoms with Gasteiger partial charge in [0.1, 0.15) is 30.1 Å². The van der Waals surface area contributed by atoms with E-state index < -0.39 is 48.5 Å². The van der Waals surface area contributed by atoms with Gasteiger partial charge in [0.05, 0.1) is 51.0 Å². The highest BCUT2D eigenvalue weighted by Crippen LogP contribution is 2.66. The van der Waals surface area contributed by atoms with Crippen LogP contribution in [0.15, 0.2) is 48.9 Å². The van der Waals surface area contributed by atoms with Gasteiger partial charge < -0.3 is 49.9 Å². The maximum atomic E-state index is 12.7. The van der Waals surface area contributed by atoms with Gasteiger partial charge in [0.15, 0.2) is 0 Å². The highest BCUT2D eigenvalue weighted by Gasteiger charge is 2.43. The third kappa shape index (κ3) is 12.2. The number of nitrogens with one attached hydrogen (secondary N) is 1. The van der Waals surface area contributed by atoms with Crippen LogP contribution < -0.4 is 16.0 Å². The first kappa shape index (κ1) is 45.3. The van der Waals surface area contributed by atoms with E-state index in [-0.39, 0.29) is 57.8 Å². The van der Waals surface area contributed by atoms with Gasteiger partial charge in [-0.15, -0.1) is 11.3 Å². The smallest absolute Gasteiger partial charge is 0.390 e. The van der Waals surface area contributed by atoms with Gasteiger partial charge in [-0.2, -0.15) is 8.62 Å². The van der Waals surface area contributed by atoms with E-state index in [0.717, 1.165) is 26.5 Å². The lowest BCUT2D eigenvalue weighted by Crippen LogP contribution is -2.26. The molecule has 0 saturated carbocycles. The first-order chi connectivity index (χ1) is 27.8. The zero-order chi connectivity index (χ0) is 42.7. The van der Waals surface area contributed by atoms with Crippen molar-refractivity contribution in [1.82, 2.24) is 27.9 Å². The lowest BCUT2D eigenvalue weighted by Gasteiger charge is -2.19. The predicted molar refractivity (Wildman–Crippen MR) is 226 cm³/mol. The summed E-state index contributed by atoms with van der Waals surface area (Å²) in [7, 11) is -10.6. The van der Waals surface area contributed by atoms with Crippen LogP contribution in [0.1, 0.15) is 31.1 Å². The zero-order valence-electron chi connectivity index (χ0n) is 31.5. The third-order valence-electron chi connectivity index (χ3n) is 8.50. The number of hydrogen-bond donors (Lipinski definition) is 7. The molecule has 2 aliphatic heterocycles. The van der Waals surface area contributed by atoms with E-state index >= 15 is 0 Å². The monoisotopic (exact) mass is 1010 g/mol. The number of amides is 1. The number of ether oxygens (including phenoxy) is 1. The number of hydrogen-bond acceptors (Lipinski definition) is 16. The minimum atomic E-state index is -5.73. The Morgan fingerprint density at radius 2 is 1.88 bits per heavy atom. The SMILES string of the molecule is CN(C)I=c1ccc2nc3ccc(N(C)CCCC(=O)NCC#Cc4cn(C5CC(O)C(COP(=O)(O)OP(=O)(O)OP(=O)(O)O)O5)c5ncnc(N)c45)cc3sc-2c1. The number of aliphatic hydroxyl groups is 1. The molecular formula is C33H40IN8O13P3S. The number of aromatic nitrogens is 4. The Bertz CT molecular complexity index is 2610. The second-order valence-corrected chi connectivity index (χ2v) is 22.3. The van der Waals surface area contributed by atoms with Crippen molar-refractivity contribution in [3.63, 3.8) is 0 Å². The topological polar surface area (TPSA) is 294 Å². The molecule has 3 aromatic rings. The Morgan fingerprint density at radius 3 is 2.63 bits per heavy atom. The molecule has 59 heavy (non-hydrogen) atoms. The van der Waals surface area contributed by atoms with E-state index in [1.54, 1.807) is 17.5 Å². The molecule has 1 saturated heterocycles. The van der Waals surface area contributed by atoms with Crippen LogP contribution in [0.3, 0.4) is 0 Å². The number of carbonyl (C=O) groups excluding carboxylic acids is 1. The average Bonchev–Trinajstić information content (AvgIpc) is 3.70. The summed E-state index contributed by atoms with van der Waals surface area (Å²) in [6.07, 6.45) is 0.0615. The number of fused-ring (bicyclic) bond motifs is 3. The van der Waals surface area contributed by atoms with E-state index in [1.807, 2.05) is 19.2 Å². The first-order valence-corrected chi connectivity index (χ1v) is 24.8. The fourth-order valence-electron chi connectivity index (χ4n) is 5.98. The van der Waals surface area contributed by atoms with Crippen molar-refractivity contribution in [2.75, 3.05) is 51.5 Å². The first-order valence-electron chi connectivity index (χ1n) is 17.5. The molecule has 21 nitrogen and oxygen atoms in total. The van der Waals surface area contributed by atoms with Crippen molar-refractivity contribution >= 4 is 94.5 Å². The largest absolute Gasteiger partial charge is 0.490 e. The molecule has 26 heteroatoms. The summed E-state index contributed by atoms with van der Waals surface area (Å²) >= 11 is 1.50. The maximum absolute atomic E-state index is 12.7. The van der Waals surface area contributed by atoms with Crippen LogP contribution in [0.25, 0.3) is 31.8 Å². The van der Waals surface area contributed by atoms with E-state index in [0.29, 0.717) is 23.9 Å². The molecule has 8 N–H and O–H groups in total. The maximum Gasteiger partial charge on any atom is 0.490 e. The second-order valence-electron chi connectivity index (χ2n) is 13.2. The molecule has 3 aliphatic rings. The van der Waals surface area contributed by atoms with Crippen LogP contribution in [0, 0.1) is 15.0 Å². The van der Waals surface area contributed by atoms with Gasteiger partial charge in [-0.05, 0) is 77.9 Å². The van der Waals surface area contributed by atoms with E-state index in [1.165, 1.54) is 14.0 Å². The average molecular weight is 1010 g/mol. The summed E-state index contributed by atoms with van der Waals surface area (Å²) in [5, 5.41) is 13.8. The lowest BCUT2D eigenvalue weighted by atomic mass is 10.2. The molecule has 6 rings (SSSR count). The molecule has 4 heterocycles. The summed E-state index contributed by atoms with van der Waals surface area (Å²) in [5.41, 5.74) is 9.77. The van der Waals surface area contributed by atoms with Gasteiger partial charge >= 0.3 is 23.5 Å². The number of carbonyl (C=O) groups is 1. The molecular weight excluding hydrogens is 968 g/mol. The number of nitrogens with zero attached hydrogens (tertiary/aromatic N) is 6. The normalized spacial score (nSPS) is 19.6. The number of aliphatic hydroxyl groups excluding tert-OH is 1. The Morgan fingerprint density at radius 1 is 1.10 bits per heavy atom. The van der Waals surface area contributed by atoms with Gasteiger partial charge in [0.2, 0.25) is 5.91 Å². The molecule has 1 amide bonds. The molecule has 1 aliphatic carbocycles. The van der Waals surface area contributed by atoms with Crippen LogP contribution in [-0.4, -0.2) is 106 Å². The van der Waals surface area contributed by atoms with Crippen molar-refractivity contribution in [1.29, 1.82) is 0 Å². The van der Waals surface area contributed by atoms with Gasteiger partial charge in [0, 0.05) is 41.5 Å². The van der Waals surface area contributed by atoms with Crippen molar-refractivity contribution in [2.24, 2.45) is 0 Å². The second kappa shape index (κ2) is 18.8. The number of nitrogens with two attached hydrogens (primary N) is 1. The van der Waals surface area contributed by atoms with Crippen LogP contribution >= 0.6 is 55.8 Å². The van der Waals surface area contributed by atoms with Gasteiger partial charge in [0.25, 0.3) is 0 Å². The van der Waals surface area contributed by atoms with Crippen LogP contribution in [0.4, 0.5) is 11.5 Å². The lowest BCUT2D eigenvalue weighted by molar-refractivity contribution is -0.120. The number of halogens is 1. The van der Waals surface area contributed by atoms with E-state index in [2.05, 4.69) is 86.6 Å². The van der Waals surface area contributed by atoms with Crippen molar-refractivity contribution in [3.05, 3.63) is 57.6 Å². The number of nitrogen functional groups attached to an aromatic ring is 1. The molecule has 0 radical (unpaired) electrons. The Labute approximate surface area is 351 Å². The van der Waals surface area contributed by atoms with Gasteiger partial charge in [-0.3, -0.25) is 12.4 Å². The third-order valence-corrected chi connectivity index (χ3v) is 15.6. The fourth-order valence-corrected chi connectivity index (χ4v) is 12.2. The number of benzene rings is 2. The Balaban J connectivity index is 1.02. The molecule has 0 bridgehead atoms. The van der Waals surface area contributed by atoms with Gasteiger partial charge in [-0.25, -0.2) is 28.6 Å². The summed E-state index contributed by atoms with van der Waals surface area (Å²) < 4.78 is 58.7. The predicted octanol–water partition coefficient (Wildman–Crippen LogP) is 4.08. The highest BCUT2D eigenvalue weighted by molar-refractivity contribution is 14.1. The Hall–Kier alpha value is -3.27. The van der Waals surface area contributed by atoms with Gasteiger partial charge in [-0.1, -0.05) is 11.8 Å². The number of phosphoric ester groups is 1. The summed E-state index contributed by atoms with van der Waals surface area (Å²) in [4.78, 5) is 65.7. The zero-order valence-corrected chi connectivity index (χ0v) is 37.1. The fraction of sp³-hybridized carbons (Fsp3) is 0.364. The van der Waals surface area contributed by atoms with Crippen LogP contribution in [0.5, 0.6) is 0 Å². The molecule has 5 atom stereocenters.